The minimum absolute atomic E-state index is 0.0331. The molecule has 4 N–H and O–H groups in total. The topological polar surface area (TPSA) is 86.2 Å². The Morgan fingerprint density at radius 3 is 1.72 bits per heavy atom. The smallest absolute Gasteiger partial charge is 0.159 e. The molecule has 0 heterocycles. The van der Waals surface area contributed by atoms with Crippen molar-refractivity contribution in [3.8, 4) is 0 Å². The summed E-state index contributed by atoms with van der Waals surface area (Å²) in [6, 6.07) is 0.588. The van der Waals surface area contributed by atoms with Crippen molar-refractivity contribution < 1.29 is 9.59 Å². The maximum absolute atomic E-state index is 11.6. The van der Waals surface area contributed by atoms with Gasteiger partial charge in [0.1, 0.15) is 5.78 Å². The predicted molar refractivity (Wildman–Crippen MR) is 200 cm³/mol. The molecule has 0 saturated carbocycles. The Labute approximate surface area is 284 Å². The molecule has 0 spiro atoms. The Kier molecular flexibility index (Phi) is 15.6. The first kappa shape index (κ1) is 41.7. The molecule has 46 heavy (non-hydrogen) atoms. The van der Waals surface area contributed by atoms with Crippen LogP contribution in [0, 0.1) is 45.3 Å². The standard InChI is InChI=1S/C11H21N.C11H18O.C10H17N.C10H14O/c2*1-8-5-6-11(3,4)7-10(12)9(8)2;2*1-8-5-4-6-10(2,3)7-9(8)11/h5-6,8-10H,7,12H2,1-4H3;5-6,8-9H,7H2,1-4H3;4-6,9H,7,11H2,1-3H3;4-6H,7H2,1-3H3/t8-,9+,10?;8-,9+;;/m11../s1. The second-order valence-corrected chi connectivity index (χ2v) is 17.4. The van der Waals surface area contributed by atoms with E-state index in [1.165, 1.54) is 5.57 Å². The molecular formula is C42H70N2O2. The summed E-state index contributed by atoms with van der Waals surface area (Å²) >= 11 is 0. The first-order valence-corrected chi connectivity index (χ1v) is 17.5. The Hall–Kier alpha value is -2.30. The van der Waals surface area contributed by atoms with E-state index in [1.807, 2.05) is 26.0 Å². The van der Waals surface area contributed by atoms with Crippen molar-refractivity contribution in [3.05, 3.63) is 71.9 Å². The molecule has 0 amide bonds. The fourth-order valence-electron chi connectivity index (χ4n) is 5.92. The van der Waals surface area contributed by atoms with Crippen molar-refractivity contribution >= 4 is 11.6 Å². The zero-order valence-corrected chi connectivity index (χ0v) is 32.0. The van der Waals surface area contributed by atoms with Gasteiger partial charge < -0.3 is 11.5 Å². The summed E-state index contributed by atoms with van der Waals surface area (Å²) < 4.78 is 0. The molecule has 0 aromatic carbocycles. The van der Waals surface area contributed by atoms with Crippen molar-refractivity contribution in [3.63, 3.8) is 0 Å². The molecule has 0 radical (unpaired) electrons. The molecule has 2 unspecified atom stereocenters. The minimum atomic E-state index is 0.0331. The van der Waals surface area contributed by atoms with Gasteiger partial charge in [-0.3, -0.25) is 9.59 Å². The number of nitrogens with two attached hydrogens (primary N) is 2. The lowest BCUT2D eigenvalue weighted by Crippen LogP contribution is -2.33. The number of hydrogen-bond acceptors (Lipinski definition) is 4. The van der Waals surface area contributed by atoms with Crippen LogP contribution >= 0.6 is 0 Å². The van der Waals surface area contributed by atoms with E-state index in [0.717, 1.165) is 18.4 Å². The van der Waals surface area contributed by atoms with Crippen molar-refractivity contribution in [2.75, 3.05) is 0 Å². The van der Waals surface area contributed by atoms with Crippen LogP contribution < -0.4 is 11.5 Å². The first-order chi connectivity index (χ1) is 20.9. The summed E-state index contributed by atoms with van der Waals surface area (Å²) in [5.41, 5.74) is 14.8. The number of ketones is 2. The van der Waals surface area contributed by atoms with Gasteiger partial charge in [0.2, 0.25) is 0 Å². The zero-order valence-electron chi connectivity index (χ0n) is 32.0. The molecule has 4 aliphatic rings. The molecule has 260 valence electrons. The summed E-state index contributed by atoms with van der Waals surface area (Å²) in [7, 11) is 0. The van der Waals surface area contributed by atoms with Crippen LogP contribution in [-0.2, 0) is 9.59 Å². The second-order valence-electron chi connectivity index (χ2n) is 17.4. The van der Waals surface area contributed by atoms with Crippen LogP contribution in [0.2, 0.25) is 0 Å². The van der Waals surface area contributed by atoms with E-state index in [4.69, 9.17) is 11.5 Å². The van der Waals surface area contributed by atoms with Crippen molar-refractivity contribution in [2.24, 2.45) is 56.8 Å². The second kappa shape index (κ2) is 17.2. The van der Waals surface area contributed by atoms with Crippen LogP contribution in [0.1, 0.15) is 123 Å². The maximum atomic E-state index is 11.6. The number of hydrogen-bond donors (Lipinski definition) is 2. The molecule has 4 rings (SSSR count). The summed E-state index contributed by atoms with van der Waals surface area (Å²) in [5.74, 6) is 2.50. The first-order valence-electron chi connectivity index (χ1n) is 17.5. The number of carbonyl (C=O) groups is 2. The molecule has 0 saturated heterocycles. The Morgan fingerprint density at radius 2 is 1.11 bits per heavy atom. The highest BCUT2D eigenvalue weighted by Crippen LogP contribution is 2.34. The van der Waals surface area contributed by atoms with Crippen LogP contribution in [0.3, 0.4) is 0 Å². The molecule has 0 aromatic heterocycles. The van der Waals surface area contributed by atoms with Crippen molar-refractivity contribution in [1.82, 2.24) is 0 Å². The average Bonchev–Trinajstić information content (AvgIpc) is 3.21. The van der Waals surface area contributed by atoms with Gasteiger partial charge in [-0.25, -0.2) is 0 Å². The SMILES string of the molecule is CC1=CC=CC(C)(C)CC1=O.CC1=CC=CC(C)(C)CC1N.C[C@@H]1C=CC(C)(C)CC(=O)[C@H]1C.C[C@@H]1C=CC(C)(C)CC(N)[C@H]1C. The highest BCUT2D eigenvalue weighted by atomic mass is 16.1. The molecule has 4 nitrogen and oxygen atoms in total. The zero-order chi connectivity index (χ0) is 35.7. The van der Waals surface area contributed by atoms with Crippen LogP contribution in [-0.4, -0.2) is 23.7 Å². The molecule has 0 fully saturated rings. The monoisotopic (exact) mass is 635 g/mol. The van der Waals surface area contributed by atoms with Gasteiger partial charge in [-0.2, -0.15) is 0 Å². The fraction of sp³-hybridized carbons (Fsp3) is 0.667. The van der Waals surface area contributed by atoms with Crippen molar-refractivity contribution in [2.45, 2.75) is 135 Å². The maximum Gasteiger partial charge on any atom is 0.159 e. The summed E-state index contributed by atoms with van der Waals surface area (Å²) in [6.45, 7) is 29.9. The van der Waals surface area contributed by atoms with Gasteiger partial charge in [0.15, 0.2) is 5.78 Å². The molecular weight excluding hydrogens is 564 g/mol. The van der Waals surface area contributed by atoms with E-state index >= 15 is 0 Å². The van der Waals surface area contributed by atoms with Gasteiger partial charge in [0, 0.05) is 30.8 Å². The van der Waals surface area contributed by atoms with Gasteiger partial charge in [0.25, 0.3) is 0 Å². The predicted octanol–water partition coefficient (Wildman–Crippen LogP) is 10.1. The normalized spacial score (nSPS) is 32.3. The van der Waals surface area contributed by atoms with Gasteiger partial charge in [0.05, 0.1) is 0 Å². The average molecular weight is 635 g/mol. The summed E-state index contributed by atoms with van der Waals surface area (Å²) in [6.07, 6.45) is 24.9. The lowest BCUT2D eigenvalue weighted by atomic mass is 9.83. The number of Topliss-reactive ketones (excluding diaryl/α,β-unsaturated/α-hetero) is 2. The third-order valence-corrected chi connectivity index (χ3v) is 10.1. The van der Waals surface area contributed by atoms with E-state index < -0.39 is 0 Å². The minimum Gasteiger partial charge on any atom is -0.327 e. The Morgan fingerprint density at radius 1 is 0.630 bits per heavy atom. The van der Waals surface area contributed by atoms with E-state index in [0.29, 0.717) is 47.8 Å². The molecule has 4 heteroatoms. The summed E-state index contributed by atoms with van der Waals surface area (Å²) in [4.78, 5) is 22.9. The van der Waals surface area contributed by atoms with Crippen LogP contribution in [0.15, 0.2) is 71.9 Å². The van der Waals surface area contributed by atoms with E-state index in [9.17, 15) is 9.59 Å². The fourth-order valence-corrected chi connectivity index (χ4v) is 5.92. The van der Waals surface area contributed by atoms with Gasteiger partial charge in [-0.05, 0) is 71.7 Å². The quantitative estimate of drug-likeness (QED) is 0.260. The third kappa shape index (κ3) is 15.1. The lowest BCUT2D eigenvalue weighted by Gasteiger charge is -2.26. The highest BCUT2D eigenvalue weighted by molar-refractivity contribution is 5.96. The van der Waals surface area contributed by atoms with E-state index in [2.05, 4.69) is 132 Å². The molecule has 0 aliphatic heterocycles. The van der Waals surface area contributed by atoms with Gasteiger partial charge in [-0.15, -0.1) is 0 Å². The number of rotatable bonds is 0. The largest absolute Gasteiger partial charge is 0.327 e. The van der Waals surface area contributed by atoms with Gasteiger partial charge in [-0.1, -0.05) is 149 Å². The third-order valence-electron chi connectivity index (χ3n) is 10.1. The van der Waals surface area contributed by atoms with Crippen LogP contribution in [0.5, 0.6) is 0 Å². The van der Waals surface area contributed by atoms with Crippen LogP contribution in [0.25, 0.3) is 0 Å². The van der Waals surface area contributed by atoms with Crippen molar-refractivity contribution in [1.29, 1.82) is 0 Å². The van der Waals surface area contributed by atoms with E-state index in [-0.39, 0.29) is 34.0 Å². The Balaban J connectivity index is 0.000000307. The molecule has 6 atom stereocenters. The van der Waals surface area contributed by atoms with Gasteiger partial charge >= 0.3 is 0 Å². The number of allylic oxidation sites excluding steroid dienone is 11. The molecule has 4 aliphatic carbocycles. The number of carbonyl (C=O) groups excluding carboxylic acids is 2. The molecule has 0 aromatic rings. The van der Waals surface area contributed by atoms with Crippen LogP contribution in [0.4, 0.5) is 0 Å². The molecule has 0 bridgehead atoms. The highest BCUT2D eigenvalue weighted by Gasteiger charge is 2.29. The lowest BCUT2D eigenvalue weighted by molar-refractivity contribution is -0.124. The Bertz CT molecular complexity index is 1200. The summed E-state index contributed by atoms with van der Waals surface area (Å²) in [5, 5.41) is 0. The van der Waals surface area contributed by atoms with E-state index in [1.54, 1.807) is 0 Å².